The van der Waals surface area contributed by atoms with Crippen LogP contribution < -0.4 is 5.32 Å². The first kappa shape index (κ1) is 11.5. The molecule has 1 N–H and O–H groups in total. The van der Waals surface area contributed by atoms with E-state index in [1.165, 1.54) is 0 Å². The van der Waals surface area contributed by atoms with Crippen molar-refractivity contribution in [2.75, 3.05) is 12.3 Å². The van der Waals surface area contributed by atoms with Gasteiger partial charge in [-0.05, 0) is 19.3 Å². The van der Waals surface area contributed by atoms with Crippen LogP contribution in [-0.4, -0.2) is 32.0 Å². The molecule has 14 heavy (non-hydrogen) atoms. The Labute approximate surface area is 86.2 Å². The molecule has 3 nitrogen and oxygen atoms in total. The molecule has 0 aromatic heterocycles. The molecule has 4 heteroatoms. The van der Waals surface area contributed by atoms with Crippen LogP contribution in [0.2, 0.25) is 0 Å². The number of rotatable bonds is 4. The van der Waals surface area contributed by atoms with Crippen molar-refractivity contribution in [1.29, 1.82) is 0 Å². The molecule has 0 amide bonds. The molecule has 1 saturated heterocycles. The SMILES string of the molecule is C#CC(CC)NCC1CCCS1(=O)=O. The van der Waals surface area contributed by atoms with Crippen molar-refractivity contribution in [3.05, 3.63) is 0 Å². The number of hydrogen-bond acceptors (Lipinski definition) is 3. The molecule has 0 radical (unpaired) electrons. The van der Waals surface area contributed by atoms with E-state index >= 15 is 0 Å². The van der Waals surface area contributed by atoms with Gasteiger partial charge in [-0.1, -0.05) is 12.8 Å². The molecule has 1 aliphatic rings. The average molecular weight is 215 g/mol. The summed E-state index contributed by atoms with van der Waals surface area (Å²) in [5.74, 6) is 2.94. The number of hydrogen-bond donors (Lipinski definition) is 1. The molecular weight excluding hydrogens is 198 g/mol. The minimum absolute atomic E-state index is 0.00537. The van der Waals surface area contributed by atoms with Gasteiger partial charge in [-0.15, -0.1) is 6.42 Å². The Balaban J connectivity index is 2.43. The lowest BCUT2D eigenvalue weighted by molar-refractivity contribution is 0.549. The highest BCUT2D eigenvalue weighted by atomic mass is 32.2. The third-order valence-corrected chi connectivity index (χ3v) is 4.94. The van der Waals surface area contributed by atoms with Gasteiger partial charge in [0.05, 0.1) is 17.0 Å². The van der Waals surface area contributed by atoms with Gasteiger partial charge in [-0.3, -0.25) is 0 Å². The van der Waals surface area contributed by atoms with Crippen molar-refractivity contribution in [1.82, 2.24) is 5.32 Å². The summed E-state index contributed by atoms with van der Waals surface area (Å²) in [4.78, 5) is 0. The van der Waals surface area contributed by atoms with Gasteiger partial charge in [0.1, 0.15) is 0 Å². The molecule has 1 fully saturated rings. The largest absolute Gasteiger partial charge is 0.302 e. The fourth-order valence-electron chi connectivity index (χ4n) is 1.68. The Morgan fingerprint density at radius 1 is 1.64 bits per heavy atom. The number of sulfone groups is 1. The molecule has 0 aromatic carbocycles. The fourth-order valence-corrected chi connectivity index (χ4v) is 3.46. The summed E-state index contributed by atoms with van der Waals surface area (Å²) in [7, 11) is -2.83. The summed E-state index contributed by atoms with van der Waals surface area (Å²) in [6.07, 6.45) is 7.68. The maximum atomic E-state index is 11.5. The van der Waals surface area contributed by atoms with Gasteiger partial charge in [-0.2, -0.15) is 0 Å². The van der Waals surface area contributed by atoms with Crippen molar-refractivity contribution in [3.63, 3.8) is 0 Å². The number of terminal acetylenes is 1. The Hall–Kier alpha value is -0.530. The van der Waals surface area contributed by atoms with Gasteiger partial charge >= 0.3 is 0 Å². The molecule has 0 bridgehead atoms. The van der Waals surface area contributed by atoms with Crippen molar-refractivity contribution >= 4 is 9.84 Å². The van der Waals surface area contributed by atoms with Crippen LogP contribution in [0.15, 0.2) is 0 Å². The van der Waals surface area contributed by atoms with Crippen LogP contribution in [0.4, 0.5) is 0 Å². The predicted molar refractivity (Wildman–Crippen MR) is 57.7 cm³/mol. The maximum Gasteiger partial charge on any atom is 0.154 e. The van der Waals surface area contributed by atoms with E-state index in [2.05, 4.69) is 11.2 Å². The third-order valence-electron chi connectivity index (χ3n) is 2.66. The highest BCUT2D eigenvalue weighted by Crippen LogP contribution is 2.19. The predicted octanol–water partition coefficient (Wildman–Crippen LogP) is 0.565. The highest BCUT2D eigenvalue weighted by Gasteiger charge is 2.30. The van der Waals surface area contributed by atoms with Crippen LogP contribution in [0.25, 0.3) is 0 Å². The van der Waals surface area contributed by atoms with E-state index in [0.29, 0.717) is 12.3 Å². The summed E-state index contributed by atoms with van der Waals surface area (Å²) >= 11 is 0. The minimum Gasteiger partial charge on any atom is -0.302 e. The van der Waals surface area contributed by atoms with Crippen molar-refractivity contribution in [3.8, 4) is 12.3 Å². The second-order valence-corrected chi connectivity index (χ2v) is 6.07. The van der Waals surface area contributed by atoms with Crippen molar-refractivity contribution in [2.24, 2.45) is 0 Å². The van der Waals surface area contributed by atoms with Gasteiger partial charge in [0.2, 0.25) is 0 Å². The molecule has 1 aliphatic heterocycles. The van der Waals surface area contributed by atoms with E-state index in [1.807, 2.05) is 6.92 Å². The van der Waals surface area contributed by atoms with Crippen LogP contribution in [0, 0.1) is 12.3 Å². The van der Waals surface area contributed by atoms with E-state index in [0.717, 1.165) is 19.3 Å². The fraction of sp³-hybridized carbons (Fsp3) is 0.800. The van der Waals surface area contributed by atoms with Crippen LogP contribution in [0.1, 0.15) is 26.2 Å². The summed E-state index contributed by atoms with van der Waals surface area (Å²) in [6, 6.07) is 0.00537. The molecule has 1 rings (SSSR count). The smallest absolute Gasteiger partial charge is 0.154 e. The lowest BCUT2D eigenvalue weighted by Gasteiger charge is -2.14. The van der Waals surface area contributed by atoms with E-state index in [4.69, 9.17) is 6.42 Å². The normalized spacial score (nSPS) is 27.0. The zero-order valence-electron chi connectivity index (χ0n) is 8.49. The molecule has 0 aliphatic carbocycles. The molecule has 80 valence electrons. The lowest BCUT2D eigenvalue weighted by atomic mass is 10.2. The van der Waals surface area contributed by atoms with Crippen LogP contribution in [0.3, 0.4) is 0 Å². The van der Waals surface area contributed by atoms with Crippen molar-refractivity contribution in [2.45, 2.75) is 37.5 Å². The first-order valence-corrected chi connectivity index (χ1v) is 6.72. The monoisotopic (exact) mass is 215 g/mol. The first-order chi connectivity index (χ1) is 6.60. The van der Waals surface area contributed by atoms with Crippen LogP contribution in [0.5, 0.6) is 0 Å². The Morgan fingerprint density at radius 2 is 2.36 bits per heavy atom. The van der Waals surface area contributed by atoms with E-state index in [9.17, 15) is 8.42 Å². The molecule has 2 atom stereocenters. The summed E-state index contributed by atoms with van der Waals surface area (Å²) in [5.41, 5.74) is 0. The zero-order chi connectivity index (χ0) is 10.6. The van der Waals surface area contributed by atoms with Crippen molar-refractivity contribution < 1.29 is 8.42 Å². The second kappa shape index (κ2) is 4.81. The van der Waals surface area contributed by atoms with Crippen LogP contribution >= 0.6 is 0 Å². The van der Waals surface area contributed by atoms with Gasteiger partial charge < -0.3 is 5.32 Å². The molecule has 0 saturated carbocycles. The first-order valence-electron chi connectivity index (χ1n) is 5.01. The summed E-state index contributed by atoms with van der Waals surface area (Å²) in [5, 5.41) is 2.88. The van der Waals surface area contributed by atoms with E-state index in [1.54, 1.807) is 0 Å². The number of nitrogens with one attached hydrogen (secondary N) is 1. The Kier molecular flexibility index (Phi) is 3.97. The van der Waals surface area contributed by atoms with Gasteiger partial charge in [0.25, 0.3) is 0 Å². The van der Waals surface area contributed by atoms with E-state index < -0.39 is 9.84 Å². The Bertz CT molecular complexity index is 316. The minimum atomic E-state index is -2.83. The zero-order valence-corrected chi connectivity index (χ0v) is 9.31. The maximum absolute atomic E-state index is 11.5. The van der Waals surface area contributed by atoms with Gasteiger partial charge in [-0.25, -0.2) is 8.42 Å². The van der Waals surface area contributed by atoms with Gasteiger partial charge in [0, 0.05) is 6.54 Å². The Morgan fingerprint density at radius 3 is 2.79 bits per heavy atom. The highest BCUT2D eigenvalue weighted by molar-refractivity contribution is 7.92. The lowest BCUT2D eigenvalue weighted by Crippen LogP contribution is -2.36. The second-order valence-electron chi connectivity index (χ2n) is 3.67. The topological polar surface area (TPSA) is 46.2 Å². The average Bonchev–Trinajstić information content (AvgIpc) is 2.47. The quantitative estimate of drug-likeness (QED) is 0.697. The summed E-state index contributed by atoms with van der Waals surface area (Å²) in [6.45, 7) is 2.49. The van der Waals surface area contributed by atoms with Crippen LogP contribution in [-0.2, 0) is 9.84 Å². The molecule has 1 heterocycles. The molecule has 0 spiro atoms. The van der Waals surface area contributed by atoms with Gasteiger partial charge in [0.15, 0.2) is 9.84 Å². The molecule has 2 unspecified atom stereocenters. The molecule has 0 aromatic rings. The summed E-state index contributed by atoms with van der Waals surface area (Å²) < 4.78 is 22.9. The molecular formula is C10H17NO2S. The third kappa shape index (κ3) is 2.73. The van der Waals surface area contributed by atoms with E-state index in [-0.39, 0.29) is 11.3 Å². The standard InChI is InChI=1S/C10H17NO2S/c1-3-9(4-2)11-8-10-6-5-7-14(10,12)13/h1,9-11H,4-8H2,2H3.